The Hall–Kier alpha value is -0.550. The van der Waals surface area contributed by atoms with Crippen molar-refractivity contribution in [1.29, 1.82) is 0 Å². The highest BCUT2D eigenvalue weighted by Crippen LogP contribution is 2.26. The van der Waals surface area contributed by atoms with E-state index in [4.69, 9.17) is 10.5 Å². The molecule has 1 aromatic rings. The highest BCUT2D eigenvalue weighted by Gasteiger charge is 2.16. The van der Waals surface area contributed by atoms with E-state index in [0.717, 1.165) is 23.5 Å². The van der Waals surface area contributed by atoms with Crippen molar-refractivity contribution in [3.63, 3.8) is 0 Å². The van der Waals surface area contributed by atoms with Gasteiger partial charge in [-0.15, -0.1) is 0 Å². The summed E-state index contributed by atoms with van der Waals surface area (Å²) >= 11 is 3.32. The highest BCUT2D eigenvalue weighted by molar-refractivity contribution is 9.10. The van der Waals surface area contributed by atoms with Crippen LogP contribution in [-0.2, 0) is 11.3 Å². The fraction of sp³-hybridized carbons (Fsp3) is 0.700. The molecule has 2 rings (SSSR count). The third-order valence-corrected chi connectivity index (χ3v) is 3.40. The summed E-state index contributed by atoms with van der Waals surface area (Å²) in [6, 6.07) is 0. The summed E-state index contributed by atoms with van der Waals surface area (Å²) in [5.41, 5.74) is 5.60. The van der Waals surface area contributed by atoms with Gasteiger partial charge in [0.05, 0.1) is 17.6 Å². The van der Waals surface area contributed by atoms with Crippen LogP contribution < -0.4 is 5.73 Å². The number of aromatic nitrogens is 2. The van der Waals surface area contributed by atoms with E-state index in [1.165, 1.54) is 19.3 Å². The minimum Gasteiger partial charge on any atom is -0.381 e. The van der Waals surface area contributed by atoms with Crippen molar-refractivity contribution in [2.75, 3.05) is 18.9 Å². The van der Waals surface area contributed by atoms with Crippen molar-refractivity contribution in [3.05, 3.63) is 10.7 Å². The summed E-state index contributed by atoms with van der Waals surface area (Å²) in [6.07, 6.45) is 5.92. The first-order valence-electron chi connectivity index (χ1n) is 5.32. The molecule has 1 fully saturated rings. The van der Waals surface area contributed by atoms with Crippen LogP contribution in [0.5, 0.6) is 0 Å². The molecular formula is C10H16BrN3O. The topological polar surface area (TPSA) is 53.1 Å². The van der Waals surface area contributed by atoms with Crippen molar-refractivity contribution < 1.29 is 4.74 Å². The lowest BCUT2D eigenvalue weighted by Crippen LogP contribution is -2.19. The average molecular weight is 274 g/mol. The summed E-state index contributed by atoms with van der Waals surface area (Å²) in [5, 5.41) is 4.13. The first-order chi connectivity index (χ1) is 7.25. The molecule has 15 heavy (non-hydrogen) atoms. The Morgan fingerprint density at radius 3 is 2.93 bits per heavy atom. The smallest absolute Gasteiger partial charge is 0.159 e. The van der Waals surface area contributed by atoms with Crippen LogP contribution in [-0.4, -0.2) is 23.0 Å². The van der Waals surface area contributed by atoms with Gasteiger partial charge in [-0.05, 0) is 34.7 Å². The van der Waals surface area contributed by atoms with E-state index in [1.807, 2.05) is 6.20 Å². The molecule has 0 spiro atoms. The molecule has 0 radical (unpaired) electrons. The van der Waals surface area contributed by atoms with E-state index in [-0.39, 0.29) is 0 Å². The lowest BCUT2D eigenvalue weighted by atomic mass is 9.86. The first-order valence-corrected chi connectivity index (χ1v) is 6.11. The summed E-state index contributed by atoms with van der Waals surface area (Å²) in [6.45, 7) is 2.38. The van der Waals surface area contributed by atoms with E-state index in [0.29, 0.717) is 12.4 Å². The van der Waals surface area contributed by atoms with E-state index in [2.05, 4.69) is 21.0 Å². The van der Waals surface area contributed by atoms with Crippen molar-refractivity contribution in [1.82, 2.24) is 9.78 Å². The Morgan fingerprint density at radius 1 is 1.60 bits per heavy atom. The second-order valence-electron chi connectivity index (χ2n) is 4.00. The maximum absolute atomic E-state index is 5.60. The maximum Gasteiger partial charge on any atom is 0.159 e. The predicted molar refractivity (Wildman–Crippen MR) is 62.5 cm³/mol. The van der Waals surface area contributed by atoms with Gasteiger partial charge in [-0.25, -0.2) is 0 Å². The quantitative estimate of drug-likeness (QED) is 0.836. The van der Waals surface area contributed by atoms with Crippen LogP contribution >= 0.6 is 15.9 Å². The number of halogens is 1. The number of hydrogen-bond donors (Lipinski definition) is 1. The number of hydrogen-bond acceptors (Lipinski definition) is 3. The van der Waals surface area contributed by atoms with Crippen molar-refractivity contribution >= 4 is 21.7 Å². The third kappa shape index (κ3) is 2.95. The van der Waals surface area contributed by atoms with Gasteiger partial charge in [0.1, 0.15) is 0 Å². The summed E-state index contributed by atoms with van der Waals surface area (Å²) in [4.78, 5) is 0. The SMILES string of the molecule is Nc1nn(CCOCC2CCC2)cc1Br. The molecule has 0 unspecified atom stereocenters. The van der Waals surface area contributed by atoms with Gasteiger partial charge in [-0.2, -0.15) is 5.10 Å². The van der Waals surface area contributed by atoms with Gasteiger partial charge in [0.15, 0.2) is 5.82 Å². The molecule has 2 N–H and O–H groups in total. The normalized spacial score (nSPS) is 16.6. The lowest BCUT2D eigenvalue weighted by Gasteiger charge is -2.24. The number of nitrogens with two attached hydrogens (primary N) is 1. The molecule has 0 aliphatic heterocycles. The Labute approximate surface area is 97.9 Å². The average Bonchev–Trinajstić information content (AvgIpc) is 2.43. The Morgan fingerprint density at radius 2 is 2.40 bits per heavy atom. The molecule has 84 valence electrons. The van der Waals surface area contributed by atoms with Crippen LogP contribution in [0, 0.1) is 5.92 Å². The van der Waals surface area contributed by atoms with Crippen LogP contribution in [0.15, 0.2) is 10.7 Å². The van der Waals surface area contributed by atoms with Gasteiger partial charge in [-0.3, -0.25) is 4.68 Å². The molecule has 4 nitrogen and oxygen atoms in total. The van der Waals surface area contributed by atoms with Crippen LogP contribution in [0.25, 0.3) is 0 Å². The van der Waals surface area contributed by atoms with Crippen LogP contribution in [0.1, 0.15) is 19.3 Å². The van der Waals surface area contributed by atoms with E-state index < -0.39 is 0 Å². The minimum atomic E-state index is 0.536. The summed E-state index contributed by atoms with van der Waals surface area (Å²) in [5.74, 6) is 1.34. The molecule has 1 aliphatic carbocycles. The zero-order valence-corrected chi connectivity index (χ0v) is 10.2. The van der Waals surface area contributed by atoms with Gasteiger partial charge in [0.25, 0.3) is 0 Å². The molecule has 1 heterocycles. The molecule has 0 atom stereocenters. The molecule has 1 aromatic heterocycles. The van der Waals surface area contributed by atoms with Gasteiger partial charge >= 0.3 is 0 Å². The van der Waals surface area contributed by atoms with Gasteiger partial charge in [-0.1, -0.05) is 6.42 Å². The number of ether oxygens (including phenoxy) is 1. The second-order valence-corrected chi connectivity index (χ2v) is 4.85. The third-order valence-electron chi connectivity index (χ3n) is 2.79. The van der Waals surface area contributed by atoms with Gasteiger partial charge < -0.3 is 10.5 Å². The summed E-state index contributed by atoms with van der Waals surface area (Å²) < 4.78 is 8.23. The van der Waals surface area contributed by atoms with E-state index in [1.54, 1.807) is 4.68 Å². The van der Waals surface area contributed by atoms with E-state index >= 15 is 0 Å². The molecular weight excluding hydrogens is 258 g/mol. The monoisotopic (exact) mass is 273 g/mol. The minimum absolute atomic E-state index is 0.536. The molecule has 1 saturated carbocycles. The number of rotatable bonds is 5. The maximum atomic E-state index is 5.60. The van der Waals surface area contributed by atoms with Crippen molar-refractivity contribution in [2.24, 2.45) is 5.92 Å². The molecule has 5 heteroatoms. The van der Waals surface area contributed by atoms with E-state index in [9.17, 15) is 0 Å². The largest absolute Gasteiger partial charge is 0.381 e. The molecule has 0 amide bonds. The first kappa shape index (κ1) is 11.0. The van der Waals surface area contributed by atoms with Crippen LogP contribution in [0.4, 0.5) is 5.82 Å². The summed E-state index contributed by atoms with van der Waals surface area (Å²) in [7, 11) is 0. The van der Waals surface area contributed by atoms with Gasteiger partial charge in [0, 0.05) is 12.8 Å². The Kier molecular flexibility index (Phi) is 3.64. The lowest BCUT2D eigenvalue weighted by molar-refractivity contribution is 0.0641. The Bertz CT molecular complexity index is 303. The zero-order chi connectivity index (χ0) is 10.7. The Balaban J connectivity index is 1.64. The van der Waals surface area contributed by atoms with Crippen molar-refractivity contribution in [3.8, 4) is 0 Å². The highest BCUT2D eigenvalue weighted by atomic mass is 79.9. The van der Waals surface area contributed by atoms with Crippen LogP contribution in [0.2, 0.25) is 0 Å². The van der Waals surface area contributed by atoms with Gasteiger partial charge in [0.2, 0.25) is 0 Å². The number of nitrogen functional groups attached to an aromatic ring is 1. The predicted octanol–water partition coefficient (Wildman–Crippen LogP) is 2.04. The zero-order valence-electron chi connectivity index (χ0n) is 8.66. The molecule has 0 bridgehead atoms. The molecule has 0 aromatic carbocycles. The fourth-order valence-corrected chi connectivity index (χ4v) is 1.91. The van der Waals surface area contributed by atoms with Crippen LogP contribution in [0.3, 0.4) is 0 Å². The molecule has 1 aliphatic rings. The number of nitrogens with zero attached hydrogens (tertiary/aromatic N) is 2. The second kappa shape index (κ2) is 4.99. The number of anilines is 1. The van der Waals surface area contributed by atoms with Crippen molar-refractivity contribution in [2.45, 2.75) is 25.8 Å². The fourth-order valence-electron chi connectivity index (χ4n) is 1.59. The standard InChI is InChI=1S/C10H16BrN3O/c11-9-6-14(13-10(9)12)4-5-15-7-8-2-1-3-8/h6,8H,1-5,7H2,(H2,12,13). The molecule has 0 saturated heterocycles.